The van der Waals surface area contributed by atoms with E-state index in [0.717, 1.165) is 49.0 Å². The van der Waals surface area contributed by atoms with Gasteiger partial charge in [0.1, 0.15) is 5.82 Å². The minimum Gasteiger partial charge on any atom is -0.357 e. The highest BCUT2D eigenvalue weighted by atomic mass is 32.2. The van der Waals surface area contributed by atoms with E-state index in [0.29, 0.717) is 25.6 Å². The summed E-state index contributed by atoms with van der Waals surface area (Å²) >= 11 is 1.71. The quantitative estimate of drug-likeness (QED) is 0.273. The second kappa shape index (κ2) is 11.6. The first-order chi connectivity index (χ1) is 13.4. The number of piperidine rings is 1. The lowest BCUT2D eigenvalue weighted by molar-refractivity contribution is 0.280. The van der Waals surface area contributed by atoms with Crippen LogP contribution < -0.4 is 10.6 Å². The molecule has 1 saturated heterocycles. The van der Waals surface area contributed by atoms with Crippen LogP contribution in [0.2, 0.25) is 0 Å². The monoisotopic (exact) mass is 430 g/mol. The zero-order chi connectivity index (χ0) is 20.4. The van der Waals surface area contributed by atoms with Crippen molar-refractivity contribution < 1.29 is 12.8 Å². The molecule has 0 aliphatic carbocycles. The van der Waals surface area contributed by atoms with Gasteiger partial charge in [-0.25, -0.2) is 17.1 Å². The van der Waals surface area contributed by atoms with Crippen molar-refractivity contribution in [3.63, 3.8) is 0 Å². The van der Waals surface area contributed by atoms with E-state index in [1.807, 2.05) is 6.92 Å². The predicted molar refractivity (Wildman–Crippen MR) is 115 cm³/mol. The molecule has 0 spiro atoms. The molecule has 6 nitrogen and oxygen atoms in total. The Morgan fingerprint density at radius 1 is 1.25 bits per heavy atom. The molecule has 2 rings (SSSR count). The van der Waals surface area contributed by atoms with Gasteiger partial charge in [-0.2, -0.15) is 0 Å². The summed E-state index contributed by atoms with van der Waals surface area (Å²) in [4.78, 5) is 5.74. The molecule has 28 heavy (non-hydrogen) atoms. The third-order valence-electron chi connectivity index (χ3n) is 4.59. The van der Waals surface area contributed by atoms with Crippen LogP contribution in [0.25, 0.3) is 0 Å². The van der Waals surface area contributed by atoms with Crippen LogP contribution in [0.15, 0.2) is 34.2 Å². The number of hydrogen-bond acceptors (Lipinski definition) is 4. The molecule has 0 aromatic heterocycles. The summed E-state index contributed by atoms with van der Waals surface area (Å²) in [6.45, 7) is 5.52. The number of sulfonamides is 1. The van der Waals surface area contributed by atoms with Crippen molar-refractivity contribution >= 4 is 27.7 Å². The molecule has 158 valence electrons. The van der Waals surface area contributed by atoms with Gasteiger partial charge in [0, 0.05) is 37.6 Å². The van der Waals surface area contributed by atoms with Crippen molar-refractivity contribution in [3.8, 4) is 0 Å². The highest BCUT2D eigenvalue weighted by Crippen LogP contribution is 2.20. The number of halogens is 1. The Kier molecular flexibility index (Phi) is 9.53. The van der Waals surface area contributed by atoms with E-state index >= 15 is 0 Å². The lowest BCUT2D eigenvalue weighted by Crippen LogP contribution is -2.40. The van der Waals surface area contributed by atoms with Gasteiger partial charge in [-0.05, 0) is 62.1 Å². The van der Waals surface area contributed by atoms with Crippen molar-refractivity contribution in [2.45, 2.75) is 31.1 Å². The topological polar surface area (TPSA) is 73.8 Å². The third kappa shape index (κ3) is 8.36. The number of nitrogens with zero attached hydrogens (tertiary/aromatic N) is 2. The highest BCUT2D eigenvalue weighted by Gasteiger charge is 2.24. The predicted octanol–water partition coefficient (Wildman–Crippen LogP) is 2.53. The Balaban J connectivity index is 1.68. The van der Waals surface area contributed by atoms with Crippen molar-refractivity contribution in [2.75, 3.05) is 44.7 Å². The summed E-state index contributed by atoms with van der Waals surface area (Å²) in [5, 5.41) is 6.60. The molecule has 1 heterocycles. The third-order valence-corrected chi connectivity index (χ3v) is 6.99. The van der Waals surface area contributed by atoms with E-state index in [4.69, 9.17) is 0 Å². The lowest BCUT2D eigenvalue weighted by atomic mass is 9.98. The van der Waals surface area contributed by atoms with Gasteiger partial charge < -0.3 is 10.6 Å². The van der Waals surface area contributed by atoms with E-state index in [-0.39, 0.29) is 5.82 Å². The molecular weight excluding hydrogens is 399 g/mol. The molecule has 1 aromatic rings. The van der Waals surface area contributed by atoms with Gasteiger partial charge in [0.25, 0.3) is 0 Å². The molecule has 0 amide bonds. The first-order valence-corrected chi connectivity index (χ1v) is 12.6. The maximum atomic E-state index is 12.9. The molecule has 1 aliphatic heterocycles. The molecule has 0 unspecified atom stereocenters. The van der Waals surface area contributed by atoms with Crippen LogP contribution >= 0.6 is 11.8 Å². The van der Waals surface area contributed by atoms with Crippen LogP contribution in [0.4, 0.5) is 4.39 Å². The zero-order valence-corrected chi connectivity index (χ0v) is 18.3. The number of rotatable bonds is 9. The van der Waals surface area contributed by atoms with Crippen molar-refractivity contribution in [1.82, 2.24) is 14.9 Å². The number of benzene rings is 1. The fourth-order valence-corrected chi connectivity index (χ4v) is 4.71. The van der Waals surface area contributed by atoms with E-state index in [9.17, 15) is 12.8 Å². The Labute approximate surface area is 172 Å². The first-order valence-electron chi connectivity index (χ1n) is 9.74. The molecule has 2 N–H and O–H groups in total. The summed E-state index contributed by atoms with van der Waals surface area (Å²) in [6, 6.07) is 6.57. The van der Waals surface area contributed by atoms with Gasteiger partial charge in [0.05, 0.1) is 6.26 Å². The molecule has 1 fully saturated rings. The SMILES string of the molecule is CCNC(=NCC1CCN(S(C)(=O)=O)CC1)NCCCSc1ccc(F)cc1. The van der Waals surface area contributed by atoms with Crippen molar-refractivity contribution in [1.29, 1.82) is 0 Å². The number of nitrogens with one attached hydrogen (secondary N) is 2. The number of hydrogen-bond donors (Lipinski definition) is 2. The van der Waals surface area contributed by atoms with Gasteiger partial charge in [0.2, 0.25) is 10.0 Å². The van der Waals surface area contributed by atoms with E-state index in [1.54, 1.807) is 28.2 Å². The summed E-state index contributed by atoms with van der Waals surface area (Å²) in [5.74, 6) is 1.96. The van der Waals surface area contributed by atoms with Gasteiger partial charge in [0.15, 0.2) is 5.96 Å². The second-order valence-corrected chi connectivity index (χ2v) is 10.1. The Morgan fingerprint density at radius 2 is 1.93 bits per heavy atom. The van der Waals surface area contributed by atoms with Gasteiger partial charge in [-0.15, -0.1) is 11.8 Å². The average Bonchev–Trinajstić information content (AvgIpc) is 2.67. The zero-order valence-electron chi connectivity index (χ0n) is 16.7. The van der Waals surface area contributed by atoms with E-state index < -0.39 is 10.0 Å². The van der Waals surface area contributed by atoms with Gasteiger partial charge in [-0.1, -0.05) is 0 Å². The van der Waals surface area contributed by atoms with E-state index in [1.165, 1.54) is 18.4 Å². The largest absolute Gasteiger partial charge is 0.357 e. The smallest absolute Gasteiger partial charge is 0.211 e. The van der Waals surface area contributed by atoms with Crippen LogP contribution in [0.3, 0.4) is 0 Å². The maximum absolute atomic E-state index is 12.9. The summed E-state index contributed by atoms with van der Waals surface area (Å²) in [7, 11) is -3.08. The highest BCUT2D eigenvalue weighted by molar-refractivity contribution is 7.99. The second-order valence-electron chi connectivity index (χ2n) is 6.91. The van der Waals surface area contributed by atoms with Crippen LogP contribution in [0.1, 0.15) is 26.2 Å². The molecule has 0 saturated carbocycles. The maximum Gasteiger partial charge on any atom is 0.211 e. The number of thioether (sulfide) groups is 1. The fourth-order valence-electron chi connectivity index (χ4n) is 2.99. The lowest BCUT2D eigenvalue weighted by Gasteiger charge is -2.29. The van der Waals surface area contributed by atoms with E-state index in [2.05, 4.69) is 15.6 Å². The number of guanidine groups is 1. The fraction of sp³-hybridized carbons (Fsp3) is 0.632. The standard InChI is InChI=1S/C19H31FN4O2S2/c1-3-21-19(22-11-4-14-27-18-7-5-17(20)6-8-18)23-15-16-9-12-24(13-10-16)28(2,25)26/h5-8,16H,3-4,9-15H2,1-2H3,(H2,21,22,23). The van der Waals surface area contributed by atoms with Gasteiger partial charge in [-0.3, -0.25) is 4.99 Å². The van der Waals surface area contributed by atoms with Crippen molar-refractivity contribution in [3.05, 3.63) is 30.1 Å². The average molecular weight is 431 g/mol. The van der Waals surface area contributed by atoms with Crippen molar-refractivity contribution in [2.24, 2.45) is 10.9 Å². The number of aliphatic imine (C=N–C) groups is 1. The minimum atomic E-state index is -3.08. The minimum absolute atomic E-state index is 0.209. The first kappa shape index (κ1) is 23.0. The molecule has 0 atom stereocenters. The molecule has 9 heteroatoms. The Morgan fingerprint density at radius 3 is 2.54 bits per heavy atom. The molecule has 0 radical (unpaired) electrons. The Hall–Kier alpha value is -1.32. The summed E-state index contributed by atoms with van der Waals surface area (Å²) < 4.78 is 37.6. The summed E-state index contributed by atoms with van der Waals surface area (Å²) in [6.07, 6.45) is 3.95. The van der Waals surface area contributed by atoms with Crippen LogP contribution in [0.5, 0.6) is 0 Å². The molecular formula is C19H31FN4O2S2. The van der Waals surface area contributed by atoms with Crippen LogP contribution in [-0.2, 0) is 10.0 Å². The van der Waals surface area contributed by atoms with Crippen LogP contribution in [-0.4, -0.2) is 63.4 Å². The molecule has 0 bridgehead atoms. The normalized spacial score (nSPS) is 16.9. The molecule has 1 aliphatic rings. The molecule has 1 aromatic carbocycles. The van der Waals surface area contributed by atoms with Crippen LogP contribution in [0, 0.1) is 11.7 Å². The van der Waals surface area contributed by atoms with Gasteiger partial charge >= 0.3 is 0 Å². The summed E-state index contributed by atoms with van der Waals surface area (Å²) in [5.41, 5.74) is 0. The Bertz CT molecular complexity index is 718.